The number of nitro benzene ring substituents is 1. The predicted octanol–water partition coefficient (Wildman–Crippen LogP) is 3.88. The Morgan fingerprint density at radius 3 is 2.46 bits per heavy atom. The highest BCUT2D eigenvalue weighted by Crippen LogP contribution is 2.25. The second-order valence-corrected chi connectivity index (χ2v) is 5.02. The summed E-state index contributed by atoms with van der Waals surface area (Å²) in [6.07, 6.45) is 5.19. The van der Waals surface area contributed by atoms with E-state index in [4.69, 9.17) is 14.3 Å². The molecule has 3 aromatic rings. The van der Waals surface area contributed by atoms with Gasteiger partial charge in [0.05, 0.1) is 10.6 Å². The summed E-state index contributed by atoms with van der Waals surface area (Å²) < 4.78 is 10.5. The predicted molar refractivity (Wildman–Crippen MR) is 100 cm³/mol. The third-order valence-corrected chi connectivity index (χ3v) is 3.18. The number of nitrogens with zero attached hydrogens (tertiary/aromatic N) is 5. The van der Waals surface area contributed by atoms with E-state index >= 15 is 0 Å². The Kier molecular flexibility index (Phi) is 6.18. The fourth-order valence-corrected chi connectivity index (χ4v) is 1.97. The molecule has 0 saturated carbocycles. The van der Waals surface area contributed by atoms with Gasteiger partial charge in [0, 0.05) is 18.5 Å². The Hall–Kier alpha value is -4.34. The first-order chi connectivity index (χ1) is 13.7. The van der Waals surface area contributed by atoms with Crippen LogP contribution in [0, 0.1) is 10.1 Å². The normalized spacial score (nSPS) is 10.9. The largest absolute Gasteiger partial charge is 0.435 e. The average molecular weight is 379 g/mol. The molecule has 0 fully saturated rings. The highest BCUT2D eigenvalue weighted by atomic mass is 16.6. The molecule has 0 spiro atoms. The van der Waals surface area contributed by atoms with Gasteiger partial charge in [0.25, 0.3) is 0 Å². The zero-order chi connectivity index (χ0) is 19.6. The fourth-order valence-electron chi connectivity index (χ4n) is 1.97. The number of para-hydroxylation sites is 2. The smallest absolute Gasteiger partial charge is 0.321 e. The van der Waals surface area contributed by atoms with Gasteiger partial charge in [-0.05, 0) is 41.6 Å². The number of nitro groups is 1. The van der Waals surface area contributed by atoms with Gasteiger partial charge < -0.3 is 14.3 Å². The maximum Gasteiger partial charge on any atom is 0.321 e. The lowest BCUT2D eigenvalue weighted by Gasteiger charge is -2.02. The van der Waals surface area contributed by atoms with E-state index in [1.54, 1.807) is 48.8 Å². The van der Waals surface area contributed by atoms with Crippen molar-refractivity contribution in [1.29, 1.82) is 0 Å². The van der Waals surface area contributed by atoms with Crippen LogP contribution >= 0.6 is 0 Å². The van der Waals surface area contributed by atoms with Crippen LogP contribution < -0.4 is 9.47 Å². The van der Waals surface area contributed by atoms with Crippen molar-refractivity contribution < 1.29 is 19.2 Å². The molecule has 1 aromatic heterocycles. The van der Waals surface area contributed by atoms with Crippen LogP contribution in [0.1, 0.15) is 0 Å². The molecule has 140 valence electrons. The summed E-state index contributed by atoms with van der Waals surface area (Å²) >= 11 is 0. The lowest BCUT2D eigenvalue weighted by molar-refractivity contribution is -0.385. The van der Waals surface area contributed by atoms with E-state index in [9.17, 15) is 10.1 Å². The number of rotatable bonds is 8. The summed E-state index contributed by atoms with van der Waals surface area (Å²) in [7, 11) is 0. The quantitative estimate of drug-likeness (QED) is 0.252. The van der Waals surface area contributed by atoms with Gasteiger partial charge in [-0.25, -0.2) is 15.0 Å². The summed E-state index contributed by atoms with van der Waals surface area (Å²) in [6.45, 7) is 0. The van der Waals surface area contributed by atoms with Crippen LogP contribution in [0.4, 0.5) is 11.4 Å². The van der Waals surface area contributed by atoms with Gasteiger partial charge in [0.2, 0.25) is 18.6 Å². The minimum absolute atomic E-state index is 0.0507. The first-order valence-corrected chi connectivity index (χ1v) is 7.87. The van der Waals surface area contributed by atoms with E-state index in [2.05, 4.69) is 20.1 Å². The van der Waals surface area contributed by atoms with Crippen LogP contribution in [-0.2, 0) is 4.84 Å². The van der Waals surface area contributed by atoms with Crippen LogP contribution in [0.3, 0.4) is 0 Å². The minimum Gasteiger partial charge on any atom is -0.435 e. The number of ether oxygens (including phenoxy) is 2. The van der Waals surface area contributed by atoms with Crippen LogP contribution in [-0.4, -0.2) is 27.7 Å². The molecule has 0 aliphatic rings. The summed E-state index contributed by atoms with van der Waals surface area (Å²) in [5.41, 5.74) is 0.418. The molecule has 3 rings (SSSR count). The van der Waals surface area contributed by atoms with E-state index in [0.717, 1.165) is 12.8 Å². The van der Waals surface area contributed by atoms with E-state index in [1.165, 1.54) is 18.2 Å². The standard InChI is InChI=1S/C18H13N5O5/c24-23(25)16-4-1-2-5-17(16)26-13-22-27-12-21-14-6-8-15(9-7-14)28-18-19-10-3-11-20-18/h1-13H/b21-12?,22-13+. The molecule has 0 unspecified atom stereocenters. The molecule has 10 heteroatoms. The van der Waals surface area contributed by atoms with Crippen molar-refractivity contribution in [2.45, 2.75) is 0 Å². The maximum atomic E-state index is 10.9. The number of hydrogen-bond acceptors (Lipinski definition) is 9. The van der Waals surface area contributed by atoms with Gasteiger partial charge in [-0.1, -0.05) is 12.1 Å². The van der Waals surface area contributed by atoms with Crippen molar-refractivity contribution in [2.24, 2.45) is 10.1 Å². The van der Waals surface area contributed by atoms with Crippen molar-refractivity contribution in [2.75, 3.05) is 0 Å². The summed E-state index contributed by atoms with van der Waals surface area (Å²) in [5.74, 6) is 0.608. The average Bonchev–Trinajstić information content (AvgIpc) is 2.73. The number of aromatic nitrogens is 2. The molecule has 0 atom stereocenters. The van der Waals surface area contributed by atoms with E-state index in [-0.39, 0.29) is 17.4 Å². The highest BCUT2D eigenvalue weighted by molar-refractivity contribution is 5.59. The number of aliphatic imine (C=N–C) groups is 1. The number of benzene rings is 2. The molecule has 0 radical (unpaired) electrons. The molecule has 28 heavy (non-hydrogen) atoms. The Morgan fingerprint density at radius 1 is 0.964 bits per heavy atom. The zero-order valence-electron chi connectivity index (χ0n) is 14.3. The molecule has 0 aliphatic carbocycles. The molecule has 10 nitrogen and oxygen atoms in total. The van der Waals surface area contributed by atoms with Crippen molar-refractivity contribution >= 4 is 24.2 Å². The van der Waals surface area contributed by atoms with Crippen LogP contribution in [0.25, 0.3) is 0 Å². The first kappa shape index (κ1) is 18.5. The minimum atomic E-state index is -0.553. The van der Waals surface area contributed by atoms with Gasteiger partial charge in [-0.15, -0.1) is 0 Å². The van der Waals surface area contributed by atoms with Crippen LogP contribution in [0.2, 0.25) is 0 Å². The van der Waals surface area contributed by atoms with Gasteiger partial charge in [0.15, 0.2) is 0 Å². The lowest BCUT2D eigenvalue weighted by Crippen LogP contribution is -1.96. The van der Waals surface area contributed by atoms with Crippen LogP contribution in [0.5, 0.6) is 17.5 Å². The summed E-state index contributed by atoms with van der Waals surface area (Å²) in [5, 5.41) is 14.3. The first-order valence-electron chi connectivity index (χ1n) is 7.87. The van der Waals surface area contributed by atoms with Crippen molar-refractivity contribution in [1.82, 2.24) is 9.97 Å². The van der Waals surface area contributed by atoms with Gasteiger partial charge >= 0.3 is 11.7 Å². The van der Waals surface area contributed by atoms with Crippen molar-refractivity contribution in [3.8, 4) is 17.5 Å². The Balaban J connectivity index is 1.48. The molecule has 2 aromatic carbocycles. The summed E-state index contributed by atoms with van der Waals surface area (Å²) in [6, 6.07) is 14.6. The highest BCUT2D eigenvalue weighted by Gasteiger charge is 2.12. The number of hydrogen-bond donors (Lipinski definition) is 0. The molecule has 0 amide bonds. The number of oxime groups is 1. The van der Waals surface area contributed by atoms with Gasteiger partial charge in [-0.3, -0.25) is 10.1 Å². The third-order valence-electron chi connectivity index (χ3n) is 3.18. The van der Waals surface area contributed by atoms with E-state index < -0.39 is 4.92 Å². The molecular formula is C18H13N5O5. The Morgan fingerprint density at radius 2 is 1.71 bits per heavy atom. The maximum absolute atomic E-state index is 10.9. The van der Waals surface area contributed by atoms with E-state index in [1.807, 2.05) is 0 Å². The zero-order valence-corrected chi connectivity index (χ0v) is 14.3. The summed E-state index contributed by atoms with van der Waals surface area (Å²) in [4.78, 5) is 27.1. The second-order valence-electron chi connectivity index (χ2n) is 5.02. The molecule has 1 heterocycles. The topological polar surface area (TPSA) is 121 Å². The van der Waals surface area contributed by atoms with Crippen molar-refractivity contribution in [3.05, 3.63) is 77.1 Å². The van der Waals surface area contributed by atoms with Crippen LogP contribution in [0.15, 0.2) is 77.1 Å². The second kappa shape index (κ2) is 9.38. The lowest BCUT2D eigenvalue weighted by atomic mass is 10.3. The SMILES string of the molecule is O=[N+]([O-])c1ccccc1O/C=N/OC=Nc1ccc(Oc2ncccn2)cc1. The molecule has 0 aliphatic heterocycles. The molecule has 0 saturated heterocycles. The van der Waals surface area contributed by atoms with Gasteiger partial charge in [0.1, 0.15) is 5.75 Å². The van der Waals surface area contributed by atoms with Crippen molar-refractivity contribution in [3.63, 3.8) is 0 Å². The molecule has 0 N–H and O–H groups in total. The van der Waals surface area contributed by atoms with E-state index in [0.29, 0.717) is 11.4 Å². The Labute approximate surface area is 158 Å². The monoisotopic (exact) mass is 379 g/mol. The molecule has 0 bridgehead atoms. The Bertz CT molecular complexity index is 977. The third kappa shape index (κ3) is 5.33. The molecular weight excluding hydrogens is 366 g/mol. The fraction of sp³-hybridized carbons (Fsp3) is 0. The van der Waals surface area contributed by atoms with Gasteiger partial charge in [-0.2, -0.15) is 0 Å².